The Labute approximate surface area is 64.2 Å². The highest BCUT2D eigenvalue weighted by molar-refractivity contribution is 4.63. The minimum atomic E-state index is -4.24. The lowest BCUT2D eigenvalue weighted by Gasteiger charge is -2.14. The zero-order valence-electron chi connectivity index (χ0n) is 6.65. The molecule has 0 aromatic rings. The molecule has 0 saturated carbocycles. The smallest absolute Gasteiger partial charge is 0.391 e. The minimum Gasteiger partial charge on any atom is -0.393 e. The van der Waals surface area contributed by atoms with E-state index in [0.29, 0.717) is 0 Å². The predicted molar refractivity (Wildman–Crippen MR) is 36.1 cm³/mol. The summed E-state index contributed by atoms with van der Waals surface area (Å²) in [5.74, 6) is 0.104. The van der Waals surface area contributed by atoms with Gasteiger partial charge in [0.2, 0.25) is 0 Å². The first-order valence-corrected chi connectivity index (χ1v) is 3.56. The molecule has 0 aromatic carbocycles. The summed E-state index contributed by atoms with van der Waals surface area (Å²) in [5.41, 5.74) is 0. The molecule has 68 valence electrons. The average Bonchev–Trinajstić information content (AvgIpc) is 1.53. The van der Waals surface area contributed by atoms with Crippen molar-refractivity contribution < 1.29 is 18.3 Å². The summed E-state index contributed by atoms with van der Waals surface area (Å²) >= 11 is 0. The summed E-state index contributed by atoms with van der Waals surface area (Å²) in [4.78, 5) is 0. The van der Waals surface area contributed by atoms with Crippen molar-refractivity contribution in [3.8, 4) is 0 Å². The zero-order valence-corrected chi connectivity index (χ0v) is 6.65. The number of hydrogen-bond acceptors (Lipinski definition) is 1. The van der Waals surface area contributed by atoms with Gasteiger partial charge in [-0.2, -0.15) is 13.2 Å². The molecular weight excluding hydrogens is 157 g/mol. The van der Waals surface area contributed by atoms with Gasteiger partial charge in [-0.25, -0.2) is 0 Å². The zero-order chi connectivity index (χ0) is 9.07. The number of aliphatic hydroxyl groups excluding tert-OH is 1. The Morgan fingerprint density at radius 3 is 2.00 bits per heavy atom. The lowest BCUT2D eigenvalue weighted by Crippen LogP contribution is -2.20. The molecule has 0 heterocycles. The summed E-state index contributed by atoms with van der Waals surface area (Å²) in [5, 5.41) is 8.84. The maximum atomic E-state index is 11.6. The van der Waals surface area contributed by atoms with Crippen LogP contribution in [0.5, 0.6) is 0 Å². The van der Waals surface area contributed by atoms with Crippen molar-refractivity contribution in [1.29, 1.82) is 0 Å². The van der Waals surface area contributed by atoms with Gasteiger partial charge in [0.25, 0.3) is 0 Å². The van der Waals surface area contributed by atoms with Gasteiger partial charge in [-0.15, -0.1) is 0 Å². The lowest BCUT2D eigenvalue weighted by molar-refractivity contribution is -0.154. The topological polar surface area (TPSA) is 20.2 Å². The molecule has 0 aromatic heterocycles. The molecule has 1 nitrogen and oxygen atoms in total. The molecule has 0 radical (unpaired) electrons. The van der Waals surface area contributed by atoms with Crippen molar-refractivity contribution in [2.75, 3.05) is 0 Å². The fourth-order valence-corrected chi connectivity index (χ4v) is 0.895. The third-order valence-corrected chi connectivity index (χ3v) is 1.21. The minimum absolute atomic E-state index is 0.104. The molecule has 0 aliphatic carbocycles. The Bertz CT molecular complexity index is 109. The Balaban J connectivity index is 3.61. The van der Waals surface area contributed by atoms with Crippen molar-refractivity contribution in [1.82, 2.24) is 0 Å². The van der Waals surface area contributed by atoms with Crippen molar-refractivity contribution >= 4 is 0 Å². The predicted octanol–water partition coefficient (Wildman–Crippen LogP) is 2.35. The van der Waals surface area contributed by atoms with Gasteiger partial charge in [0, 0.05) is 0 Å². The van der Waals surface area contributed by atoms with Crippen LogP contribution in [0.25, 0.3) is 0 Å². The third-order valence-electron chi connectivity index (χ3n) is 1.21. The molecule has 1 unspecified atom stereocenters. The Kier molecular flexibility index (Phi) is 3.86. The van der Waals surface area contributed by atoms with Crippen molar-refractivity contribution in [3.05, 3.63) is 0 Å². The number of hydrogen-bond donors (Lipinski definition) is 1. The second-order valence-corrected chi connectivity index (χ2v) is 3.10. The van der Waals surface area contributed by atoms with Crippen molar-refractivity contribution in [2.45, 2.75) is 39.0 Å². The van der Waals surface area contributed by atoms with E-state index < -0.39 is 18.7 Å². The molecule has 0 aliphatic heterocycles. The highest BCUT2D eigenvalue weighted by Gasteiger charge is 2.30. The van der Waals surface area contributed by atoms with Crippen LogP contribution in [0.2, 0.25) is 0 Å². The van der Waals surface area contributed by atoms with Gasteiger partial charge >= 0.3 is 6.18 Å². The molecule has 0 amide bonds. The first-order valence-electron chi connectivity index (χ1n) is 3.56. The van der Waals surface area contributed by atoms with E-state index in [4.69, 9.17) is 5.11 Å². The highest BCUT2D eigenvalue weighted by atomic mass is 19.4. The SMILES string of the molecule is CC(C)CC(O)CC(F)(F)F. The third kappa shape index (κ3) is 7.65. The largest absolute Gasteiger partial charge is 0.393 e. The van der Waals surface area contributed by atoms with Crippen LogP contribution in [0.3, 0.4) is 0 Å². The van der Waals surface area contributed by atoms with Gasteiger partial charge in [-0.1, -0.05) is 13.8 Å². The number of aliphatic hydroxyl groups is 1. The maximum absolute atomic E-state index is 11.6. The van der Waals surface area contributed by atoms with Crippen LogP contribution >= 0.6 is 0 Å². The Morgan fingerprint density at radius 2 is 1.73 bits per heavy atom. The molecule has 0 fully saturated rings. The molecule has 1 atom stereocenters. The van der Waals surface area contributed by atoms with Gasteiger partial charge in [-0.05, 0) is 12.3 Å². The van der Waals surface area contributed by atoms with Crippen LogP contribution in [-0.2, 0) is 0 Å². The van der Waals surface area contributed by atoms with Crippen molar-refractivity contribution in [3.63, 3.8) is 0 Å². The van der Waals surface area contributed by atoms with Crippen LogP contribution in [0.4, 0.5) is 13.2 Å². The molecule has 0 aliphatic rings. The monoisotopic (exact) mass is 170 g/mol. The number of halogens is 3. The summed E-state index contributed by atoms with van der Waals surface area (Å²) in [6, 6.07) is 0. The normalized spacial score (nSPS) is 15.5. The van der Waals surface area contributed by atoms with Crippen LogP contribution in [0.15, 0.2) is 0 Å². The van der Waals surface area contributed by atoms with Crippen LogP contribution in [0, 0.1) is 5.92 Å². The molecule has 4 heteroatoms. The van der Waals surface area contributed by atoms with E-state index in [2.05, 4.69) is 0 Å². The molecule has 1 N–H and O–H groups in total. The Hall–Kier alpha value is -0.250. The number of rotatable bonds is 3. The first-order chi connectivity index (χ1) is 4.81. The average molecular weight is 170 g/mol. The number of alkyl halides is 3. The van der Waals surface area contributed by atoms with Gasteiger partial charge in [0.15, 0.2) is 0 Å². The lowest BCUT2D eigenvalue weighted by atomic mass is 10.0. The first kappa shape index (κ1) is 10.8. The second-order valence-electron chi connectivity index (χ2n) is 3.10. The molecule has 0 saturated heterocycles. The molecule has 0 bridgehead atoms. The van der Waals surface area contributed by atoms with Crippen LogP contribution in [-0.4, -0.2) is 17.4 Å². The molecule has 11 heavy (non-hydrogen) atoms. The highest BCUT2D eigenvalue weighted by Crippen LogP contribution is 2.23. The summed E-state index contributed by atoms with van der Waals surface area (Å²) in [6.07, 6.45) is -6.37. The Morgan fingerprint density at radius 1 is 1.27 bits per heavy atom. The molecule has 0 spiro atoms. The molecule has 0 rings (SSSR count). The van der Waals surface area contributed by atoms with E-state index in [0.717, 1.165) is 0 Å². The van der Waals surface area contributed by atoms with E-state index in [1.165, 1.54) is 0 Å². The molecular formula is C7H13F3O. The van der Waals surface area contributed by atoms with Crippen molar-refractivity contribution in [2.24, 2.45) is 5.92 Å². The van der Waals surface area contributed by atoms with Gasteiger partial charge < -0.3 is 5.11 Å². The second kappa shape index (κ2) is 3.95. The van der Waals surface area contributed by atoms with E-state index in [-0.39, 0.29) is 12.3 Å². The summed E-state index contributed by atoms with van der Waals surface area (Å²) in [7, 11) is 0. The quantitative estimate of drug-likeness (QED) is 0.689. The summed E-state index contributed by atoms with van der Waals surface area (Å²) in [6.45, 7) is 3.55. The fraction of sp³-hybridized carbons (Fsp3) is 1.00. The van der Waals surface area contributed by atoms with Gasteiger partial charge in [-0.3, -0.25) is 0 Å². The fourth-order valence-electron chi connectivity index (χ4n) is 0.895. The standard InChI is InChI=1S/C7H13F3O/c1-5(2)3-6(11)4-7(8,9)10/h5-6,11H,3-4H2,1-2H3. The summed E-state index contributed by atoms with van der Waals surface area (Å²) < 4.78 is 34.8. The van der Waals surface area contributed by atoms with Gasteiger partial charge in [0.1, 0.15) is 0 Å². The van der Waals surface area contributed by atoms with Crippen LogP contribution < -0.4 is 0 Å². The van der Waals surface area contributed by atoms with Crippen LogP contribution in [0.1, 0.15) is 26.7 Å². The van der Waals surface area contributed by atoms with E-state index in [1.807, 2.05) is 0 Å². The maximum Gasteiger partial charge on any atom is 0.391 e. The van der Waals surface area contributed by atoms with E-state index in [1.54, 1.807) is 13.8 Å². The van der Waals surface area contributed by atoms with E-state index >= 15 is 0 Å². The van der Waals surface area contributed by atoms with Gasteiger partial charge in [0.05, 0.1) is 12.5 Å². The van der Waals surface area contributed by atoms with E-state index in [9.17, 15) is 13.2 Å².